The lowest BCUT2D eigenvalue weighted by Crippen LogP contribution is -2.21. The minimum Gasteiger partial charge on any atom is -0.493 e. The highest BCUT2D eigenvalue weighted by Gasteiger charge is 2.07. The van der Waals surface area contributed by atoms with Crippen molar-refractivity contribution in [2.24, 2.45) is 11.8 Å². The number of benzene rings is 2. The maximum atomic E-state index is 12.2. The fraction of sp³-hybridized carbons (Fsp3) is 0.364. The standard InChI is InChI=1S/C22H29N3O3/c1-15(2)14-28-20-7-5-6-19(12-20)24-21(26)13-23-17-8-10-18(11-9-17)25-22(27)16(3)4/h5-12,15-16,23H,13-14H2,1-4H3,(H,24,26)(H,25,27). The van der Waals surface area contributed by atoms with Crippen LogP contribution in [0.15, 0.2) is 48.5 Å². The predicted molar refractivity (Wildman–Crippen MR) is 114 cm³/mol. The highest BCUT2D eigenvalue weighted by Crippen LogP contribution is 2.18. The smallest absolute Gasteiger partial charge is 0.243 e. The number of carbonyl (C=O) groups is 2. The van der Waals surface area contributed by atoms with Gasteiger partial charge >= 0.3 is 0 Å². The highest BCUT2D eigenvalue weighted by molar-refractivity contribution is 5.94. The molecule has 2 amide bonds. The topological polar surface area (TPSA) is 79.5 Å². The third-order valence-electron chi connectivity index (χ3n) is 3.83. The van der Waals surface area contributed by atoms with E-state index in [1.165, 1.54) is 0 Å². The van der Waals surface area contributed by atoms with E-state index in [9.17, 15) is 9.59 Å². The molecule has 0 atom stereocenters. The Morgan fingerprint density at radius 3 is 2.21 bits per heavy atom. The largest absolute Gasteiger partial charge is 0.493 e. The second-order valence-corrected chi connectivity index (χ2v) is 7.36. The monoisotopic (exact) mass is 383 g/mol. The van der Waals surface area contributed by atoms with E-state index in [1.807, 2.05) is 50.2 Å². The van der Waals surface area contributed by atoms with Gasteiger partial charge in [-0.15, -0.1) is 0 Å². The van der Waals surface area contributed by atoms with Crippen molar-refractivity contribution >= 4 is 28.9 Å². The molecule has 2 rings (SSSR count). The zero-order valence-electron chi connectivity index (χ0n) is 16.9. The van der Waals surface area contributed by atoms with Crippen molar-refractivity contribution in [1.29, 1.82) is 0 Å². The minimum absolute atomic E-state index is 0.0281. The zero-order valence-corrected chi connectivity index (χ0v) is 16.9. The second-order valence-electron chi connectivity index (χ2n) is 7.36. The molecule has 0 saturated heterocycles. The zero-order chi connectivity index (χ0) is 20.5. The number of nitrogens with one attached hydrogen (secondary N) is 3. The molecule has 0 radical (unpaired) electrons. The number of anilines is 3. The van der Waals surface area contributed by atoms with Gasteiger partial charge in [0.2, 0.25) is 11.8 Å². The minimum atomic E-state index is -0.154. The van der Waals surface area contributed by atoms with Gasteiger partial charge in [-0.25, -0.2) is 0 Å². The van der Waals surface area contributed by atoms with Gasteiger partial charge in [0.05, 0.1) is 13.2 Å². The number of ether oxygens (including phenoxy) is 1. The van der Waals surface area contributed by atoms with Crippen LogP contribution in [0.3, 0.4) is 0 Å². The van der Waals surface area contributed by atoms with E-state index in [-0.39, 0.29) is 24.3 Å². The summed E-state index contributed by atoms with van der Waals surface area (Å²) in [7, 11) is 0. The predicted octanol–water partition coefficient (Wildman–Crippen LogP) is 4.37. The average Bonchev–Trinajstić information content (AvgIpc) is 2.66. The summed E-state index contributed by atoms with van der Waals surface area (Å²) >= 11 is 0. The molecule has 0 aliphatic heterocycles. The first-order valence-corrected chi connectivity index (χ1v) is 9.51. The molecular weight excluding hydrogens is 354 g/mol. The second kappa shape index (κ2) is 10.3. The molecule has 0 fully saturated rings. The lowest BCUT2D eigenvalue weighted by Gasteiger charge is -2.12. The normalized spacial score (nSPS) is 10.6. The van der Waals surface area contributed by atoms with Crippen LogP contribution < -0.4 is 20.7 Å². The van der Waals surface area contributed by atoms with Crippen molar-refractivity contribution < 1.29 is 14.3 Å². The Kier molecular flexibility index (Phi) is 7.87. The Balaban J connectivity index is 1.82. The van der Waals surface area contributed by atoms with Crippen LogP contribution in [0.2, 0.25) is 0 Å². The SMILES string of the molecule is CC(C)COc1cccc(NC(=O)CNc2ccc(NC(=O)C(C)C)cc2)c1. The molecule has 6 heteroatoms. The van der Waals surface area contributed by atoms with Crippen molar-refractivity contribution in [3.05, 3.63) is 48.5 Å². The van der Waals surface area contributed by atoms with E-state index in [0.29, 0.717) is 18.2 Å². The lowest BCUT2D eigenvalue weighted by atomic mass is 10.2. The third kappa shape index (κ3) is 7.31. The fourth-order valence-corrected chi connectivity index (χ4v) is 2.27. The van der Waals surface area contributed by atoms with Crippen LogP contribution in [0.1, 0.15) is 27.7 Å². The summed E-state index contributed by atoms with van der Waals surface area (Å²) in [6.07, 6.45) is 0. The summed E-state index contributed by atoms with van der Waals surface area (Å²) in [5, 5.41) is 8.75. The Hall–Kier alpha value is -3.02. The maximum Gasteiger partial charge on any atom is 0.243 e. The highest BCUT2D eigenvalue weighted by atomic mass is 16.5. The van der Waals surface area contributed by atoms with Crippen molar-refractivity contribution in [1.82, 2.24) is 0 Å². The third-order valence-corrected chi connectivity index (χ3v) is 3.83. The van der Waals surface area contributed by atoms with Gasteiger partial charge in [-0.1, -0.05) is 33.8 Å². The Labute approximate surface area is 166 Å². The van der Waals surface area contributed by atoms with E-state index < -0.39 is 0 Å². The molecular formula is C22H29N3O3. The van der Waals surface area contributed by atoms with Gasteiger partial charge in [0.15, 0.2) is 0 Å². The van der Waals surface area contributed by atoms with Crippen LogP contribution in [0.4, 0.5) is 17.1 Å². The maximum absolute atomic E-state index is 12.2. The molecule has 2 aromatic rings. The summed E-state index contributed by atoms with van der Waals surface area (Å²) in [5.74, 6) is 0.916. The average molecular weight is 383 g/mol. The van der Waals surface area contributed by atoms with Crippen LogP contribution in [0, 0.1) is 11.8 Å². The van der Waals surface area contributed by atoms with E-state index in [4.69, 9.17) is 4.74 Å². The fourth-order valence-electron chi connectivity index (χ4n) is 2.27. The molecule has 0 aromatic heterocycles. The Morgan fingerprint density at radius 1 is 0.893 bits per heavy atom. The van der Waals surface area contributed by atoms with Gasteiger partial charge in [-0.2, -0.15) is 0 Å². The number of carbonyl (C=O) groups excluding carboxylic acids is 2. The number of hydrogen-bond donors (Lipinski definition) is 3. The first kappa shape index (κ1) is 21.3. The van der Waals surface area contributed by atoms with E-state index in [1.54, 1.807) is 12.1 Å². The van der Waals surface area contributed by atoms with Crippen molar-refractivity contribution in [2.75, 3.05) is 29.1 Å². The van der Waals surface area contributed by atoms with Gasteiger partial charge in [0.1, 0.15) is 5.75 Å². The quantitative estimate of drug-likeness (QED) is 0.601. The molecule has 150 valence electrons. The Bertz CT molecular complexity index is 786. The van der Waals surface area contributed by atoms with E-state index in [0.717, 1.165) is 17.1 Å². The molecule has 0 spiro atoms. The summed E-state index contributed by atoms with van der Waals surface area (Å²) in [6, 6.07) is 14.6. The van der Waals surface area contributed by atoms with Crippen LogP contribution in [-0.2, 0) is 9.59 Å². The Morgan fingerprint density at radius 2 is 1.57 bits per heavy atom. The molecule has 0 heterocycles. The van der Waals surface area contributed by atoms with Crippen LogP contribution in [0.5, 0.6) is 5.75 Å². The van der Waals surface area contributed by atoms with Crippen LogP contribution >= 0.6 is 0 Å². The van der Waals surface area contributed by atoms with Gasteiger partial charge in [0.25, 0.3) is 0 Å². The summed E-state index contributed by atoms with van der Waals surface area (Å²) in [4.78, 5) is 23.9. The molecule has 3 N–H and O–H groups in total. The molecule has 0 aliphatic rings. The summed E-state index contributed by atoms with van der Waals surface area (Å²) < 4.78 is 5.68. The molecule has 0 bridgehead atoms. The van der Waals surface area contributed by atoms with E-state index in [2.05, 4.69) is 29.8 Å². The number of amides is 2. The first-order valence-electron chi connectivity index (χ1n) is 9.51. The summed E-state index contributed by atoms with van der Waals surface area (Å²) in [6.45, 7) is 8.62. The lowest BCUT2D eigenvalue weighted by molar-refractivity contribution is -0.119. The molecule has 2 aromatic carbocycles. The summed E-state index contributed by atoms with van der Waals surface area (Å²) in [5.41, 5.74) is 2.22. The van der Waals surface area contributed by atoms with Gasteiger partial charge in [0, 0.05) is 29.0 Å². The van der Waals surface area contributed by atoms with Crippen LogP contribution in [-0.4, -0.2) is 25.0 Å². The number of hydrogen-bond acceptors (Lipinski definition) is 4. The molecule has 6 nitrogen and oxygen atoms in total. The molecule has 0 saturated carbocycles. The molecule has 0 aliphatic carbocycles. The van der Waals surface area contributed by atoms with Gasteiger partial charge in [-0.3, -0.25) is 9.59 Å². The number of rotatable bonds is 9. The van der Waals surface area contributed by atoms with Gasteiger partial charge in [-0.05, 0) is 42.3 Å². The molecule has 0 unspecified atom stereocenters. The van der Waals surface area contributed by atoms with Gasteiger partial charge < -0.3 is 20.7 Å². The first-order chi connectivity index (χ1) is 13.3. The van der Waals surface area contributed by atoms with Crippen LogP contribution in [0.25, 0.3) is 0 Å². The van der Waals surface area contributed by atoms with Crippen molar-refractivity contribution in [3.63, 3.8) is 0 Å². The van der Waals surface area contributed by atoms with Crippen molar-refractivity contribution in [2.45, 2.75) is 27.7 Å². The van der Waals surface area contributed by atoms with E-state index >= 15 is 0 Å². The van der Waals surface area contributed by atoms with Crippen molar-refractivity contribution in [3.8, 4) is 5.75 Å². The molecule has 28 heavy (non-hydrogen) atoms.